The molecular formula is C48H57ClN12O6. The molecule has 0 radical (unpaired) electrons. The molecule has 67 heavy (non-hydrogen) atoms. The third kappa shape index (κ3) is 9.15. The fourth-order valence-corrected chi connectivity index (χ4v) is 11.5. The lowest BCUT2D eigenvalue weighted by Gasteiger charge is -2.63. The van der Waals surface area contributed by atoms with E-state index in [2.05, 4.69) is 84.3 Å². The van der Waals surface area contributed by atoms with Crippen molar-refractivity contribution < 1.29 is 23.9 Å². The standard InChI is InChI=1S/C48H57ClN12O6/c1-47(2)44(48(3,4)45(47)67-34-7-5-31(25-50)36(49)24-34)54-40(63)32-26-51-46(52-27-32)60-21-19-57(20-22-60)28-29-11-15-59(16-12-29)42(65)30-13-17-58(18-14-30)33-6-8-37-35(23-33)43(66)61(56-55-37)38-9-10-39(62)53-41(38)64/h5-8,23-24,26-27,29-30,38,44-45H,9-22,28H2,1-4H3,(H,54,63)(H,53,62,64). The molecule has 2 aromatic heterocycles. The Labute approximate surface area is 394 Å². The number of carbonyl (C=O) groups is 4. The van der Waals surface area contributed by atoms with Gasteiger partial charge in [0.2, 0.25) is 17.8 Å². The van der Waals surface area contributed by atoms with Crippen molar-refractivity contribution in [3.05, 3.63) is 75.3 Å². The number of hydrogen-bond donors (Lipinski definition) is 2. The van der Waals surface area contributed by atoms with Gasteiger partial charge in [0.15, 0.2) is 0 Å². The molecule has 0 bridgehead atoms. The number of amides is 4. The Kier molecular flexibility index (Phi) is 12.7. The molecular weight excluding hydrogens is 876 g/mol. The summed E-state index contributed by atoms with van der Waals surface area (Å²) in [6, 6.07) is 11.5. The quantitative estimate of drug-likeness (QED) is 0.216. The van der Waals surface area contributed by atoms with E-state index >= 15 is 0 Å². The molecule has 9 rings (SSSR count). The van der Waals surface area contributed by atoms with Crippen molar-refractivity contribution >= 4 is 57.8 Å². The second-order valence-corrected chi connectivity index (χ2v) is 20.3. The second kappa shape index (κ2) is 18.5. The second-order valence-electron chi connectivity index (χ2n) is 19.9. The number of fused-ring (bicyclic) bond motifs is 1. The summed E-state index contributed by atoms with van der Waals surface area (Å²) in [5, 5.41) is 23.6. The molecule has 5 aliphatic rings. The van der Waals surface area contributed by atoms with E-state index in [1.54, 1.807) is 42.7 Å². The smallest absolute Gasteiger partial charge is 0.278 e. The van der Waals surface area contributed by atoms with Gasteiger partial charge in [0, 0.05) is 112 Å². The van der Waals surface area contributed by atoms with Crippen molar-refractivity contribution in [3.8, 4) is 11.8 Å². The van der Waals surface area contributed by atoms with Gasteiger partial charge < -0.3 is 24.8 Å². The summed E-state index contributed by atoms with van der Waals surface area (Å²) >= 11 is 6.25. The van der Waals surface area contributed by atoms with Crippen LogP contribution in [0.1, 0.15) is 88.2 Å². The van der Waals surface area contributed by atoms with E-state index < -0.39 is 28.3 Å². The number of likely N-dealkylation sites (tertiary alicyclic amines) is 1. The molecule has 2 aromatic carbocycles. The van der Waals surface area contributed by atoms with Gasteiger partial charge in [-0.25, -0.2) is 9.97 Å². The highest BCUT2D eigenvalue weighted by atomic mass is 35.5. The highest BCUT2D eigenvalue weighted by Gasteiger charge is 2.64. The lowest BCUT2D eigenvalue weighted by Crippen LogP contribution is -2.74. The molecule has 1 saturated carbocycles. The number of nitrogens with one attached hydrogen (secondary N) is 2. The molecule has 4 saturated heterocycles. The van der Waals surface area contributed by atoms with E-state index in [0.717, 1.165) is 81.9 Å². The predicted molar refractivity (Wildman–Crippen MR) is 250 cm³/mol. The SMILES string of the molecule is CC1(C)C(NC(=O)c2cnc(N3CCN(CC4CCN(C(=O)C5CCN(c6ccc7nnn(C8CCC(=O)NC8=O)c(=O)c7c6)CC5)CC4)CC3)nc2)C(C)(C)C1Oc1ccc(C#N)c(Cl)c1. The van der Waals surface area contributed by atoms with E-state index in [0.29, 0.717) is 57.8 Å². The maximum absolute atomic E-state index is 13.7. The molecule has 5 fully saturated rings. The van der Waals surface area contributed by atoms with Crippen LogP contribution in [0.25, 0.3) is 10.9 Å². The number of anilines is 2. The van der Waals surface area contributed by atoms with Crippen LogP contribution in [-0.2, 0) is 14.4 Å². The van der Waals surface area contributed by atoms with Gasteiger partial charge in [-0.15, -0.1) is 5.10 Å². The average molecular weight is 934 g/mol. The molecule has 4 amide bonds. The molecule has 352 valence electrons. The highest BCUT2D eigenvalue weighted by Crippen LogP contribution is 2.55. The molecule has 1 aliphatic carbocycles. The summed E-state index contributed by atoms with van der Waals surface area (Å²) in [7, 11) is 0. The van der Waals surface area contributed by atoms with Crippen molar-refractivity contribution in [2.75, 3.05) is 68.7 Å². The maximum atomic E-state index is 13.7. The number of nitrogens with zero attached hydrogens (tertiary/aromatic N) is 10. The van der Waals surface area contributed by atoms with Gasteiger partial charge in [-0.2, -0.15) is 9.94 Å². The van der Waals surface area contributed by atoms with Gasteiger partial charge >= 0.3 is 0 Å². The summed E-state index contributed by atoms with van der Waals surface area (Å²) in [4.78, 5) is 82.8. The molecule has 4 aromatic rings. The van der Waals surface area contributed by atoms with E-state index in [9.17, 15) is 29.2 Å². The summed E-state index contributed by atoms with van der Waals surface area (Å²) in [6.07, 6.45) is 6.71. The number of aromatic nitrogens is 5. The van der Waals surface area contributed by atoms with Crippen LogP contribution in [0.15, 0.2) is 53.6 Å². The van der Waals surface area contributed by atoms with Gasteiger partial charge in [0.1, 0.15) is 29.5 Å². The zero-order valence-electron chi connectivity index (χ0n) is 38.4. The first kappa shape index (κ1) is 45.9. The third-order valence-electron chi connectivity index (χ3n) is 14.8. The highest BCUT2D eigenvalue weighted by molar-refractivity contribution is 6.31. The van der Waals surface area contributed by atoms with Gasteiger partial charge in [-0.3, -0.25) is 34.2 Å². The fraction of sp³-hybridized carbons (Fsp3) is 0.542. The van der Waals surface area contributed by atoms with Crippen LogP contribution in [0, 0.1) is 34.0 Å². The summed E-state index contributed by atoms with van der Waals surface area (Å²) in [5.41, 5.74) is 0.868. The number of benzene rings is 2. The largest absolute Gasteiger partial charge is 0.489 e. The zero-order valence-corrected chi connectivity index (χ0v) is 39.2. The van der Waals surface area contributed by atoms with Gasteiger partial charge in [0.25, 0.3) is 17.4 Å². The molecule has 6 heterocycles. The van der Waals surface area contributed by atoms with Crippen LogP contribution in [-0.4, -0.2) is 129 Å². The number of carbonyl (C=O) groups excluding carboxylic acids is 4. The van der Waals surface area contributed by atoms with Crippen LogP contribution >= 0.6 is 11.6 Å². The molecule has 1 unspecified atom stereocenters. The number of halogens is 1. The van der Waals surface area contributed by atoms with Crippen molar-refractivity contribution in [2.24, 2.45) is 22.7 Å². The Morgan fingerprint density at radius 1 is 0.881 bits per heavy atom. The first-order valence-corrected chi connectivity index (χ1v) is 23.7. The number of hydrogen-bond acceptors (Lipinski definition) is 14. The Morgan fingerprint density at radius 3 is 2.24 bits per heavy atom. The van der Waals surface area contributed by atoms with E-state index in [-0.39, 0.29) is 48.6 Å². The number of imide groups is 1. The average Bonchev–Trinajstić information content (AvgIpc) is 3.33. The number of nitriles is 1. The Bertz CT molecular complexity index is 2650. The van der Waals surface area contributed by atoms with Gasteiger partial charge in [-0.05, 0) is 68.4 Å². The lowest BCUT2D eigenvalue weighted by molar-refractivity contribution is -0.164. The zero-order chi connectivity index (χ0) is 47.2. The lowest BCUT2D eigenvalue weighted by atomic mass is 9.49. The summed E-state index contributed by atoms with van der Waals surface area (Å²) < 4.78 is 7.45. The number of rotatable bonds is 10. The minimum Gasteiger partial charge on any atom is -0.489 e. The van der Waals surface area contributed by atoms with E-state index in [4.69, 9.17) is 16.3 Å². The number of ether oxygens (including phenoxy) is 1. The van der Waals surface area contributed by atoms with Crippen LogP contribution in [0.4, 0.5) is 11.6 Å². The maximum Gasteiger partial charge on any atom is 0.278 e. The first-order valence-electron chi connectivity index (χ1n) is 23.3. The Morgan fingerprint density at radius 2 is 1.58 bits per heavy atom. The van der Waals surface area contributed by atoms with Crippen molar-refractivity contribution in [1.29, 1.82) is 5.26 Å². The molecule has 2 N–H and O–H groups in total. The number of piperazine rings is 1. The van der Waals surface area contributed by atoms with E-state index in [1.807, 2.05) is 6.07 Å². The molecule has 4 aliphatic heterocycles. The predicted octanol–water partition coefficient (Wildman–Crippen LogP) is 3.97. The molecule has 19 heteroatoms. The normalized spacial score (nSPS) is 23.6. The molecule has 0 spiro atoms. The Hall–Kier alpha value is -6.19. The van der Waals surface area contributed by atoms with Crippen molar-refractivity contribution in [1.82, 2.24) is 45.4 Å². The number of piperidine rings is 3. The third-order valence-corrected chi connectivity index (χ3v) is 15.1. The van der Waals surface area contributed by atoms with Crippen molar-refractivity contribution in [2.45, 2.75) is 84.4 Å². The van der Waals surface area contributed by atoms with Crippen LogP contribution in [0.2, 0.25) is 5.02 Å². The summed E-state index contributed by atoms with van der Waals surface area (Å²) in [6.45, 7) is 15.5. The summed E-state index contributed by atoms with van der Waals surface area (Å²) in [5.74, 6) is 0.747. The van der Waals surface area contributed by atoms with Gasteiger partial charge in [-0.1, -0.05) is 44.5 Å². The van der Waals surface area contributed by atoms with Crippen LogP contribution in [0.3, 0.4) is 0 Å². The van der Waals surface area contributed by atoms with E-state index in [1.165, 1.54) is 0 Å². The fourth-order valence-electron chi connectivity index (χ4n) is 11.2. The van der Waals surface area contributed by atoms with Crippen LogP contribution < -0.4 is 30.7 Å². The molecule has 1 atom stereocenters. The monoisotopic (exact) mass is 932 g/mol. The minimum absolute atomic E-state index is 0.0414. The van der Waals surface area contributed by atoms with Crippen molar-refractivity contribution in [3.63, 3.8) is 0 Å². The topological polar surface area (TPSA) is 212 Å². The first-order chi connectivity index (χ1) is 32.1. The van der Waals surface area contributed by atoms with Gasteiger partial charge in [0.05, 0.1) is 21.5 Å². The van der Waals surface area contributed by atoms with Crippen LogP contribution in [0.5, 0.6) is 5.75 Å². The minimum atomic E-state index is -0.883. The molecule has 18 nitrogen and oxygen atoms in total. The Balaban J connectivity index is 0.699.